The maximum atomic E-state index is 12.9. The standard InChI is InChI=1S/C20H30N4O3/c1-16-13-21-6-5-17(16)14-22(2)20(26)18-3-4-19(25)24(15-18)8-7-23-9-11-27-12-10-23/h5-6,13,18H,3-4,7-12,14-15H2,1-2H3. The number of aryl methyl sites for hydroxylation is 1. The van der Waals surface area contributed by atoms with Crippen molar-refractivity contribution in [3.63, 3.8) is 0 Å². The van der Waals surface area contributed by atoms with Crippen LogP contribution < -0.4 is 0 Å². The van der Waals surface area contributed by atoms with Gasteiger partial charge in [-0.15, -0.1) is 0 Å². The monoisotopic (exact) mass is 374 g/mol. The van der Waals surface area contributed by atoms with Crippen LogP contribution in [-0.2, 0) is 20.9 Å². The van der Waals surface area contributed by atoms with E-state index in [-0.39, 0.29) is 17.7 Å². The van der Waals surface area contributed by atoms with Gasteiger partial charge < -0.3 is 14.5 Å². The molecule has 1 aromatic rings. The molecule has 0 bridgehead atoms. The van der Waals surface area contributed by atoms with Crippen molar-refractivity contribution >= 4 is 11.8 Å². The quantitative estimate of drug-likeness (QED) is 0.741. The van der Waals surface area contributed by atoms with Gasteiger partial charge in [-0.25, -0.2) is 0 Å². The Labute approximate surface area is 161 Å². The second-order valence-electron chi connectivity index (χ2n) is 7.53. The van der Waals surface area contributed by atoms with Crippen LogP contribution in [0, 0.1) is 12.8 Å². The van der Waals surface area contributed by atoms with Crippen molar-refractivity contribution in [3.8, 4) is 0 Å². The fourth-order valence-electron chi connectivity index (χ4n) is 3.74. The number of piperidine rings is 1. The molecule has 3 heterocycles. The average molecular weight is 374 g/mol. The molecule has 2 fully saturated rings. The van der Waals surface area contributed by atoms with Crippen molar-refractivity contribution in [2.75, 3.05) is 53.0 Å². The van der Waals surface area contributed by atoms with Gasteiger partial charge in [0.2, 0.25) is 11.8 Å². The highest BCUT2D eigenvalue weighted by molar-refractivity contribution is 5.83. The molecule has 1 atom stereocenters. The Hall–Kier alpha value is -1.99. The molecule has 0 aromatic carbocycles. The highest BCUT2D eigenvalue weighted by Gasteiger charge is 2.32. The van der Waals surface area contributed by atoms with E-state index in [0.29, 0.717) is 32.5 Å². The second kappa shape index (κ2) is 9.28. The molecule has 7 heteroatoms. The Morgan fingerprint density at radius 2 is 2.11 bits per heavy atom. The van der Waals surface area contributed by atoms with Gasteiger partial charge in [0.25, 0.3) is 0 Å². The van der Waals surface area contributed by atoms with Crippen LogP contribution in [-0.4, -0.2) is 84.5 Å². The minimum Gasteiger partial charge on any atom is -0.379 e. The van der Waals surface area contributed by atoms with Gasteiger partial charge >= 0.3 is 0 Å². The number of rotatable bonds is 6. The largest absolute Gasteiger partial charge is 0.379 e. The van der Waals surface area contributed by atoms with Crippen molar-refractivity contribution in [1.29, 1.82) is 0 Å². The van der Waals surface area contributed by atoms with E-state index in [2.05, 4.69) is 9.88 Å². The molecule has 1 unspecified atom stereocenters. The Balaban J connectivity index is 1.53. The molecule has 2 saturated heterocycles. The molecule has 0 radical (unpaired) electrons. The van der Waals surface area contributed by atoms with Gasteiger partial charge in [-0.1, -0.05) is 0 Å². The van der Waals surface area contributed by atoms with E-state index in [0.717, 1.165) is 44.0 Å². The number of aromatic nitrogens is 1. The lowest BCUT2D eigenvalue weighted by Crippen LogP contribution is -2.49. The molecule has 1 aromatic heterocycles. The lowest BCUT2D eigenvalue weighted by Gasteiger charge is -2.35. The van der Waals surface area contributed by atoms with Crippen LogP contribution in [0.4, 0.5) is 0 Å². The lowest BCUT2D eigenvalue weighted by molar-refractivity contribution is -0.142. The fourth-order valence-corrected chi connectivity index (χ4v) is 3.74. The van der Waals surface area contributed by atoms with Crippen LogP contribution in [0.15, 0.2) is 18.5 Å². The first-order valence-electron chi connectivity index (χ1n) is 9.77. The summed E-state index contributed by atoms with van der Waals surface area (Å²) in [6.45, 7) is 8.00. The number of nitrogens with zero attached hydrogens (tertiary/aromatic N) is 4. The molecule has 2 aliphatic heterocycles. The third kappa shape index (κ3) is 5.26. The van der Waals surface area contributed by atoms with Crippen LogP contribution >= 0.6 is 0 Å². The summed E-state index contributed by atoms with van der Waals surface area (Å²) < 4.78 is 5.37. The number of morpholine rings is 1. The summed E-state index contributed by atoms with van der Waals surface area (Å²) >= 11 is 0. The van der Waals surface area contributed by atoms with Crippen molar-refractivity contribution in [2.24, 2.45) is 5.92 Å². The normalized spacial score (nSPS) is 21.3. The SMILES string of the molecule is Cc1cnccc1CN(C)C(=O)C1CCC(=O)N(CCN2CCOCC2)C1. The number of hydrogen-bond acceptors (Lipinski definition) is 5. The van der Waals surface area contributed by atoms with Gasteiger partial charge in [0.1, 0.15) is 0 Å². The summed E-state index contributed by atoms with van der Waals surface area (Å²) in [5.41, 5.74) is 2.19. The first-order valence-corrected chi connectivity index (χ1v) is 9.77. The zero-order valence-electron chi connectivity index (χ0n) is 16.4. The predicted octanol–water partition coefficient (Wildman–Crippen LogP) is 0.919. The van der Waals surface area contributed by atoms with Gasteiger partial charge in [-0.2, -0.15) is 0 Å². The second-order valence-corrected chi connectivity index (χ2v) is 7.53. The van der Waals surface area contributed by atoms with Crippen LogP contribution in [0.1, 0.15) is 24.0 Å². The van der Waals surface area contributed by atoms with E-state index in [1.54, 1.807) is 11.1 Å². The zero-order chi connectivity index (χ0) is 19.2. The maximum absolute atomic E-state index is 12.9. The van der Waals surface area contributed by atoms with Crippen molar-refractivity contribution in [3.05, 3.63) is 29.6 Å². The zero-order valence-corrected chi connectivity index (χ0v) is 16.4. The summed E-state index contributed by atoms with van der Waals surface area (Å²) in [4.78, 5) is 35.3. The maximum Gasteiger partial charge on any atom is 0.227 e. The summed E-state index contributed by atoms with van der Waals surface area (Å²) in [5, 5.41) is 0. The first-order chi connectivity index (χ1) is 13.0. The third-order valence-corrected chi connectivity index (χ3v) is 5.56. The van der Waals surface area contributed by atoms with E-state index >= 15 is 0 Å². The number of amides is 2. The van der Waals surface area contributed by atoms with Crippen molar-refractivity contribution in [2.45, 2.75) is 26.3 Å². The van der Waals surface area contributed by atoms with Gasteiger partial charge in [0.15, 0.2) is 0 Å². The number of carbonyl (C=O) groups is 2. The summed E-state index contributed by atoms with van der Waals surface area (Å²) in [6.07, 6.45) is 4.68. The van der Waals surface area contributed by atoms with Gasteiger partial charge in [-0.05, 0) is 30.5 Å². The molecule has 0 saturated carbocycles. The number of hydrogen-bond donors (Lipinski definition) is 0. The van der Waals surface area contributed by atoms with Gasteiger partial charge in [-0.3, -0.25) is 19.5 Å². The minimum atomic E-state index is -0.112. The summed E-state index contributed by atoms with van der Waals surface area (Å²) in [6, 6.07) is 1.96. The van der Waals surface area contributed by atoms with Crippen molar-refractivity contribution in [1.82, 2.24) is 19.7 Å². The van der Waals surface area contributed by atoms with Crippen LogP contribution in [0.25, 0.3) is 0 Å². The molecule has 7 nitrogen and oxygen atoms in total. The Morgan fingerprint density at radius 3 is 2.85 bits per heavy atom. The van der Waals surface area contributed by atoms with Crippen LogP contribution in [0.3, 0.4) is 0 Å². The van der Waals surface area contributed by atoms with E-state index in [1.807, 2.05) is 31.1 Å². The molecule has 148 valence electrons. The molecule has 27 heavy (non-hydrogen) atoms. The highest BCUT2D eigenvalue weighted by atomic mass is 16.5. The minimum absolute atomic E-state index is 0.112. The van der Waals surface area contributed by atoms with E-state index in [1.165, 1.54) is 0 Å². The molecule has 2 aliphatic rings. The number of ether oxygens (including phenoxy) is 1. The molecule has 0 aliphatic carbocycles. The molecular formula is C20H30N4O3. The molecular weight excluding hydrogens is 344 g/mol. The van der Waals surface area contributed by atoms with Crippen LogP contribution in [0.5, 0.6) is 0 Å². The number of carbonyl (C=O) groups excluding carboxylic acids is 2. The first kappa shape index (κ1) is 19.8. The predicted molar refractivity (Wildman–Crippen MR) is 102 cm³/mol. The summed E-state index contributed by atoms with van der Waals surface area (Å²) in [5.74, 6) is 0.176. The molecule has 0 spiro atoms. The third-order valence-electron chi connectivity index (χ3n) is 5.56. The van der Waals surface area contributed by atoms with Gasteiger partial charge in [0.05, 0.1) is 19.1 Å². The van der Waals surface area contributed by atoms with E-state index in [9.17, 15) is 9.59 Å². The topological polar surface area (TPSA) is 66.0 Å². The Morgan fingerprint density at radius 1 is 1.33 bits per heavy atom. The average Bonchev–Trinajstić information content (AvgIpc) is 2.69. The number of pyridine rings is 1. The van der Waals surface area contributed by atoms with Crippen LogP contribution in [0.2, 0.25) is 0 Å². The Kier molecular flexibility index (Phi) is 6.79. The Bertz CT molecular complexity index is 660. The van der Waals surface area contributed by atoms with Gasteiger partial charge in [0, 0.05) is 65.1 Å². The molecule has 3 rings (SSSR count). The lowest BCUT2D eigenvalue weighted by atomic mass is 9.95. The van der Waals surface area contributed by atoms with Crippen molar-refractivity contribution < 1.29 is 14.3 Å². The molecule has 0 N–H and O–H groups in total. The van der Waals surface area contributed by atoms with E-state index in [4.69, 9.17) is 4.74 Å². The fraction of sp³-hybridized carbons (Fsp3) is 0.650. The van der Waals surface area contributed by atoms with E-state index < -0.39 is 0 Å². The molecule has 2 amide bonds. The highest BCUT2D eigenvalue weighted by Crippen LogP contribution is 2.21. The number of likely N-dealkylation sites (tertiary alicyclic amines) is 1. The summed E-state index contributed by atoms with van der Waals surface area (Å²) in [7, 11) is 1.84. The smallest absolute Gasteiger partial charge is 0.227 e.